The molecule has 1 aromatic carbocycles. The molecular formula is C12H13BrO3. The van der Waals surface area contributed by atoms with E-state index in [9.17, 15) is 4.79 Å². The summed E-state index contributed by atoms with van der Waals surface area (Å²) in [5, 5.41) is 8.69. The van der Waals surface area contributed by atoms with Gasteiger partial charge in [0.05, 0.1) is 0 Å². The van der Waals surface area contributed by atoms with E-state index in [4.69, 9.17) is 9.84 Å². The van der Waals surface area contributed by atoms with Gasteiger partial charge < -0.3 is 9.84 Å². The number of carboxylic acids is 1. The molecule has 0 amide bonds. The number of hydrogen-bond acceptors (Lipinski definition) is 2. The zero-order valence-corrected chi connectivity index (χ0v) is 10.6. The molecule has 0 saturated carbocycles. The smallest absolute Gasteiger partial charge is 0.303 e. The highest BCUT2D eigenvalue weighted by molar-refractivity contribution is 9.10. The number of hydrogen-bond donors (Lipinski definition) is 1. The normalized spacial score (nSPS) is 18.0. The predicted octanol–water partition coefficient (Wildman–Crippen LogP) is 2.79. The summed E-state index contributed by atoms with van der Waals surface area (Å²) < 4.78 is 6.70. The molecule has 86 valence electrons. The summed E-state index contributed by atoms with van der Waals surface area (Å²) in [6.45, 7) is 2.02. The van der Waals surface area contributed by atoms with Crippen molar-refractivity contribution < 1.29 is 14.6 Å². The van der Waals surface area contributed by atoms with Crippen molar-refractivity contribution >= 4 is 21.9 Å². The summed E-state index contributed by atoms with van der Waals surface area (Å²) in [6, 6.07) is 3.99. The molecule has 1 aromatic rings. The average molecular weight is 285 g/mol. The van der Waals surface area contributed by atoms with Crippen LogP contribution < -0.4 is 4.74 Å². The monoisotopic (exact) mass is 284 g/mol. The third-order valence-electron chi connectivity index (χ3n) is 2.64. The van der Waals surface area contributed by atoms with Crippen LogP contribution in [0, 0.1) is 0 Å². The van der Waals surface area contributed by atoms with Gasteiger partial charge in [-0.2, -0.15) is 0 Å². The van der Waals surface area contributed by atoms with E-state index in [2.05, 4.69) is 15.9 Å². The van der Waals surface area contributed by atoms with Crippen LogP contribution in [0.15, 0.2) is 16.6 Å². The summed E-state index contributed by atoms with van der Waals surface area (Å²) in [4.78, 5) is 10.6. The molecule has 0 fully saturated rings. The van der Waals surface area contributed by atoms with Crippen LogP contribution in [0.5, 0.6) is 5.75 Å². The topological polar surface area (TPSA) is 46.5 Å². The lowest BCUT2D eigenvalue weighted by Gasteiger charge is -2.09. The van der Waals surface area contributed by atoms with Crippen LogP contribution in [0.25, 0.3) is 0 Å². The lowest BCUT2D eigenvalue weighted by molar-refractivity contribution is -0.136. The second-order valence-corrected chi connectivity index (χ2v) is 5.00. The highest BCUT2D eigenvalue weighted by atomic mass is 79.9. The Kier molecular flexibility index (Phi) is 3.19. The molecule has 1 heterocycles. The molecule has 0 spiro atoms. The Morgan fingerprint density at radius 3 is 3.06 bits per heavy atom. The van der Waals surface area contributed by atoms with Gasteiger partial charge in [-0.25, -0.2) is 0 Å². The van der Waals surface area contributed by atoms with Gasteiger partial charge in [0.2, 0.25) is 0 Å². The van der Waals surface area contributed by atoms with Crippen LogP contribution in [0.2, 0.25) is 0 Å². The Labute approximate surface area is 103 Å². The van der Waals surface area contributed by atoms with Crippen LogP contribution in [0.1, 0.15) is 24.5 Å². The number of halogens is 1. The lowest BCUT2D eigenvalue weighted by atomic mass is 10.0. The maximum atomic E-state index is 10.6. The van der Waals surface area contributed by atoms with E-state index in [1.807, 2.05) is 19.1 Å². The van der Waals surface area contributed by atoms with E-state index in [0.29, 0.717) is 6.42 Å². The van der Waals surface area contributed by atoms with Crippen molar-refractivity contribution in [3.05, 3.63) is 27.7 Å². The third-order valence-corrected chi connectivity index (χ3v) is 3.10. The van der Waals surface area contributed by atoms with Gasteiger partial charge in [-0.15, -0.1) is 0 Å². The summed E-state index contributed by atoms with van der Waals surface area (Å²) >= 11 is 3.44. The second kappa shape index (κ2) is 4.45. The van der Waals surface area contributed by atoms with Crippen LogP contribution in [-0.2, 0) is 17.6 Å². The largest absolute Gasteiger partial charge is 0.490 e. The number of ether oxygens (including phenoxy) is 1. The number of carbonyl (C=O) groups is 1. The minimum atomic E-state index is -0.778. The van der Waals surface area contributed by atoms with Crippen LogP contribution in [0.3, 0.4) is 0 Å². The zero-order valence-electron chi connectivity index (χ0n) is 9.00. The molecule has 0 aliphatic carbocycles. The van der Waals surface area contributed by atoms with Crippen LogP contribution in [0.4, 0.5) is 0 Å². The van der Waals surface area contributed by atoms with Crippen molar-refractivity contribution in [3.8, 4) is 5.75 Å². The fourth-order valence-corrected chi connectivity index (χ4v) is 2.55. The van der Waals surface area contributed by atoms with Crippen molar-refractivity contribution in [2.75, 3.05) is 0 Å². The molecule has 16 heavy (non-hydrogen) atoms. The van der Waals surface area contributed by atoms with Gasteiger partial charge in [0.15, 0.2) is 0 Å². The Morgan fingerprint density at radius 2 is 2.38 bits per heavy atom. The maximum Gasteiger partial charge on any atom is 0.303 e. The zero-order chi connectivity index (χ0) is 11.7. The van der Waals surface area contributed by atoms with Gasteiger partial charge in [-0.05, 0) is 36.6 Å². The van der Waals surface area contributed by atoms with Gasteiger partial charge in [0.25, 0.3) is 0 Å². The first-order chi connectivity index (χ1) is 7.56. The number of fused-ring (bicyclic) bond motifs is 1. The molecule has 0 radical (unpaired) electrons. The number of aryl methyl sites for hydroxylation is 1. The first kappa shape index (κ1) is 11.5. The highest BCUT2D eigenvalue weighted by Gasteiger charge is 2.22. The molecule has 4 heteroatoms. The summed E-state index contributed by atoms with van der Waals surface area (Å²) in [5.41, 5.74) is 2.15. The molecule has 0 saturated heterocycles. The SMILES string of the molecule is CC1Cc2cc(Br)cc(CCC(=O)O)c2O1. The molecule has 1 aliphatic rings. The Balaban J connectivity index is 2.27. The average Bonchev–Trinajstić information content (AvgIpc) is 2.54. The van der Waals surface area contributed by atoms with E-state index >= 15 is 0 Å². The van der Waals surface area contributed by atoms with Crippen molar-refractivity contribution in [1.82, 2.24) is 0 Å². The van der Waals surface area contributed by atoms with E-state index in [1.165, 1.54) is 5.56 Å². The molecule has 0 bridgehead atoms. The van der Waals surface area contributed by atoms with Gasteiger partial charge in [0.1, 0.15) is 11.9 Å². The summed E-state index contributed by atoms with van der Waals surface area (Å²) in [7, 11) is 0. The lowest BCUT2D eigenvalue weighted by Crippen LogP contribution is -2.06. The fraction of sp³-hybridized carbons (Fsp3) is 0.417. The minimum absolute atomic E-state index is 0.140. The summed E-state index contributed by atoms with van der Waals surface area (Å²) in [6.07, 6.45) is 1.74. The molecule has 2 rings (SSSR count). The van der Waals surface area contributed by atoms with Gasteiger partial charge in [-0.1, -0.05) is 15.9 Å². The van der Waals surface area contributed by atoms with Crippen LogP contribution in [-0.4, -0.2) is 17.2 Å². The quantitative estimate of drug-likeness (QED) is 0.928. The maximum absolute atomic E-state index is 10.6. The molecule has 1 aliphatic heterocycles. The first-order valence-corrected chi connectivity index (χ1v) is 6.05. The number of benzene rings is 1. The van der Waals surface area contributed by atoms with Gasteiger partial charge in [0, 0.05) is 17.3 Å². The number of rotatable bonds is 3. The molecule has 1 atom stereocenters. The first-order valence-electron chi connectivity index (χ1n) is 5.26. The van der Waals surface area contributed by atoms with Crippen LogP contribution >= 0.6 is 15.9 Å². The number of carboxylic acid groups (broad SMARTS) is 1. The summed E-state index contributed by atoms with van der Waals surface area (Å²) in [5.74, 6) is 0.108. The molecule has 1 unspecified atom stereocenters. The fourth-order valence-electron chi connectivity index (χ4n) is 1.99. The Bertz CT molecular complexity index is 429. The van der Waals surface area contributed by atoms with Crippen molar-refractivity contribution in [2.24, 2.45) is 0 Å². The Morgan fingerprint density at radius 1 is 1.62 bits per heavy atom. The van der Waals surface area contributed by atoms with Crippen molar-refractivity contribution in [1.29, 1.82) is 0 Å². The van der Waals surface area contributed by atoms with Crippen molar-refractivity contribution in [2.45, 2.75) is 32.3 Å². The van der Waals surface area contributed by atoms with Gasteiger partial charge in [-0.3, -0.25) is 4.79 Å². The molecular weight excluding hydrogens is 272 g/mol. The van der Waals surface area contributed by atoms with Crippen molar-refractivity contribution in [3.63, 3.8) is 0 Å². The van der Waals surface area contributed by atoms with E-state index in [1.54, 1.807) is 0 Å². The standard InChI is InChI=1S/C12H13BrO3/c1-7-4-9-6-10(13)5-8(12(9)16-7)2-3-11(14)15/h5-7H,2-4H2,1H3,(H,14,15). The minimum Gasteiger partial charge on any atom is -0.490 e. The van der Waals surface area contributed by atoms with E-state index < -0.39 is 5.97 Å². The van der Waals surface area contributed by atoms with E-state index in [-0.39, 0.29) is 12.5 Å². The number of aliphatic carboxylic acids is 1. The molecule has 1 N–H and O–H groups in total. The second-order valence-electron chi connectivity index (χ2n) is 4.08. The van der Waals surface area contributed by atoms with E-state index in [0.717, 1.165) is 22.2 Å². The predicted molar refractivity (Wildman–Crippen MR) is 63.9 cm³/mol. The molecule has 3 nitrogen and oxygen atoms in total. The van der Waals surface area contributed by atoms with Gasteiger partial charge >= 0.3 is 5.97 Å². The highest BCUT2D eigenvalue weighted by Crippen LogP contribution is 2.35. The molecule has 0 aromatic heterocycles. The third kappa shape index (κ3) is 2.38. The Hall–Kier alpha value is -1.03.